The first kappa shape index (κ1) is 28.8. The predicted octanol–water partition coefficient (Wildman–Crippen LogP) is 4.41. The zero-order valence-electron chi connectivity index (χ0n) is 22.5. The second-order valence-electron chi connectivity index (χ2n) is 10.3. The molecule has 0 radical (unpaired) electrons. The van der Waals surface area contributed by atoms with E-state index in [1.165, 1.54) is 4.90 Å². The van der Waals surface area contributed by atoms with Gasteiger partial charge in [0.2, 0.25) is 5.91 Å². The van der Waals surface area contributed by atoms with E-state index in [1.807, 2.05) is 57.2 Å². The monoisotopic (exact) mass is 497 g/mol. The highest BCUT2D eigenvalue weighted by Gasteiger charge is 2.38. The Hall–Kier alpha value is -3.39. The molecule has 0 aliphatic heterocycles. The highest BCUT2D eigenvalue weighted by atomic mass is 16.6. The van der Waals surface area contributed by atoms with Gasteiger partial charge in [-0.05, 0) is 72.1 Å². The van der Waals surface area contributed by atoms with Gasteiger partial charge in [-0.1, -0.05) is 48.0 Å². The van der Waals surface area contributed by atoms with Crippen LogP contribution in [0.25, 0.3) is 0 Å². The molecule has 196 valence electrons. The molecule has 0 fully saturated rings. The van der Waals surface area contributed by atoms with Crippen LogP contribution in [0.2, 0.25) is 0 Å². The van der Waals surface area contributed by atoms with Gasteiger partial charge in [0.05, 0.1) is 6.61 Å². The Morgan fingerprint density at radius 3 is 2.08 bits per heavy atom. The number of hydrogen-bond donors (Lipinski definition) is 3. The van der Waals surface area contributed by atoms with Crippen molar-refractivity contribution in [3.8, 4) is 0 Å². The predicted molar refractivity (Wildman–Crippen MR) is 141 cm³/mol. The van der Waals surface area contributed by atoms with Crippen molar-refractivity contribution >= 4 is 23.6 Å². The summed E-state index contributed by atoms with van der Waals surface area (Å²) in [6.45, 7) is 13.7. The maximum Gasteiger partial charge on any atom is 0.408 e. The fourth-order valence-corrected chi connectivity index (χ4v) is 3.98. The number of aryl methyl sites for hydroxylation is 3. The molecule has 8 heteroatoms. The average Bonchev–Trinajstić information content (AvgIpc) is 2.76. The summed E-state index contributed by atoms with van der Waals surface area (Å²) in [6, 6.07) is 10.4. The first-order valence-corrected chi connectivity index (χ1v) is 12.1. The van der Waals surface area contributed by atoms with Crippen LogP contribution in [0.1, 0.15) is 62.9 Å². The second kappa shape index (κ2) is 12.0. The standard InChI is InChI=1S/C28H39N3O5/c1-17(2)31(26(34)22(16-32)29-27(35)36-28(6,7)8)24(21-14-9-11-18(3)15-21)25(33)30-23-19(4)12-10-13-20(23)5/h9-15,17,22,24,32H,16H2,1-8H3,(H,29,35)(H,30,33). The summed E-state index contributed by atoms with van der Waals surface area (Å²) < 4.78 is 5.26. The van der Waals surface area contributed by atoms with Crippen molar-refractivity contribution in [1.82, 2.24) is 10.2 Å². The maximum atomic E-state index is 13.8. The van der Waals surface area contributed by atoms with Crippen molar-refractivity contribution in [2.45, 2.75) is 79.1 Å². The Bertz CT molecular complexity index is 1070. The van der Waals surface area contributed by atoms with E-state index in [9.17, 15) is 19.5 Å². The Balaban J connectivity index is 2.50. The minimum atomic E-state index is -1.29. The highest BCUT2D eigenvalue weighted by Crippen LogP contribution is 2.29. The molecule has 3 amide bonds. The molecule has 2 unspecified atom stereocenters. The first-order chi connectivity index (χ1) is 16.7. The molecule has 2 rings (SSSR count). The summed E-state index contributed by atoms with van der Waals surface area (Å²) in [5.74, 6) is -0.990. The zero-order chi connectivity index (χ0) is 27.2. The number of benzene rings is 2. The van der Waals surface area contributed by atoms with E-state index in [1.54, 1.807) is 40.7 Å². The van der Waals surface area contributed by atoms with Gasteiger partial charge < -0.3 is 25.4 Å². The maximum absolute atomic E-state index is 13.8. The summed E-state index contributed by atoms with van der Waals surface area (Å²) >= 11 is 0. The van der Waals surface area contributed by atoms with Crippen LogP contribution in [-0.4, -0.2) is 52.2 Å². The molecule has 0 saturated heterocycles. The lowest BCUT2D eigenvalue weighted by Gasteiger charge is -2.37. The third-order valence-electron chi connectivity index (χ3n) is 5.60. The Morgan fingerprint density at radius 2 is 1.58 bits per heavy atom. The van der Waals surface area contributed by atoms with Gasteiger partial charge in [-0.15, -0.1) is 0 Å². The summed E-state index contributed by atoms with van der Waals surface area (Å²) in [6.07, 6.45) is -0.828. The molecule has 0 aliphatic rings. The lowest BCUT2D eigenvalue weighted by molar-refractivity contribution is -0.143. The number of amides is 3. The highest BCUT2D eigenvalue weighted by molar-refractivity contribution is 6.00. The van der Waals surface area contributed by atoms with Gasteiger partial charge in [-0.3, -0.25) is 9.59 Å². The Labute approximate surface area is 214 Å². The van der Waals surface area contributed by atoms with E-state index in [-0.39, 0.29) is 0 Å². The number of aliphatic hydroxyl groups excluding tert-OH is 1. The number of ether oxygens (including phenoxy) is 1. The first-order valence-electron chi connectivity index (χ1n) is 12.1. The summed E-state index contributed by atoms with van der Waals surface area (Å²) in [5, 5.41) is 15.5. The van der Waals surface area contributed by atoms with Crippen molar-refractivity contribution in [3.05, 3.63) is 64.7 Å². The van der Waals surface area contributed by atoms with Gasteiger partial charge in [0.15, 0.2) is 0 Å². The summed E-state index contributed by atoms with van der Waals surface area (Å²) in [7, 11) is 0. The fourth-order valence-electron chi connectivity index (χ4n) is 3.98. The van der Waals surface area contributed by atoms with Gasteiger partial charge in [0.25, 0.3) is 5.91 Å². The topological polar surface area (TPSA) is 108 Å². The van der Waals surface area contributed by atoms with E-state index in [2.05, 4.69) is 10.6 Å². The summed E-state index contributed by atoms with van der Waals surface area (Å²) in [5.41, 5.74) is 3.25. The van der Waals surface area contributed by atoms with E-state index >= 15 is 0 Å². The molecule has 8 nitrogen and oxygen atoms in total. The van der Waals surface area contributed by atoms with Crippen molar-refractivity contribution in [1.29, 1.82) is 0 Å². The third kappa shape index (κ3) is 7.55. The van der Waals surface area contributed by atoms with E-state index in [0.717, 1.165) is 16.7 Å². The van der Waals surface area contributed by atoms with Crippen molar-refractivity contribution in [3.63, 3.8) is 0 Å². The normalized spacial score (nSPS) is 13.1. The molecular weight excluding hydrogens is 458 g/mol. The lowest BCUT2D eigenvalue weighted by Crippen LogP contribution is -2.55. The van der Waals surface area contributed by atoms with E-state index < -0.39 is 48.2 Å². The SMILES string of the molecule is Cc1cccc(C(C(=O)Nc2c(C)cccc2C)N(C(=O)C(CO)NC(=O)OC(C)(C)C)C(C)C)c1. The van der Waals surface area contributed by atoms with Crippen molar-refractivity contribution < 1.29 is 24.2 Å². The van der Waals surface area contributed by atoms with Crippen LogP contribution in [-0.2, 0) is 14.3 Å². The molecule has 2 aromatic carbocycles. The quantitative estimate of drug-likeness (QED) is 0.501. The number of carbonyl (C=O) groups excluding carboxylic acids is 3. The molecule has 0 aromatic heterocycles. The number of alkyl carbamates (subject to hydrolysis) is 1. The molecule has 0 heterocycles. The number of hydrogen-bond acceptors (Lipinski definition) is 5. The number of carbonyl (C=O) groups is 3. The third-order valence-corrected chi connectivity index (χ3v) is 5.60. The molecule has 0 spiro atoms. The molecule has 3 N–H and O–H groups in total. The molecule has 0 aliphatic carbocycles. The van der Waals surface area contributed by atoms with Crippen LogP contribution in [0.5, 0.6) is 0 Å². The molecule has 0 bridgehead atoms. The van der Waals surface area contributed by atoms with Gasteiger partial charge >= 0.3 is 6.09 Å². The number of rotatable bonds is 8. The largest absolute Gasteiger partial charge is 0.444 e. The molecule has 2 atom stereocenters. The minimum absolute atomic E-state index is 0.394. The van der Waals surface area contributed by atoms with Crippen LogP contribution >= 0.6 is 0 Å². The average molecular weight is 498 g/mol. The molecule has 36 heavy (non-hydrogen) atoms. The van der Waals surface area contributed by atoms with Crippen LogP contribution in [0, 0.1) is 20.8 Å². The number of nitrogens with zero attached hydrogens (tertiary/aromatic N) is 1. The zero-order valence-corrected chi connectivity index (χ0v) is 22.5. The van der Waals surface area contributed by atoms with Crippen LogP contribution in [0.15, 0.2) is 42.5 Å². The molecule has 2 aromatic rings. The van der Waals surface area contributed by atoms with Gasteiger partial charge in [-0.2, -0.15) is 0 Å². The molecular formula is C28H39N3O5. The van der Waals surface area contributed by atoms with Crippen LogP contribution in [0.3, 0.4) is 0 Å². The second-order valence-corrected chi connectivity index (χ2v) is 10.3. The smallest absolute Gasteiger partial charge is 0.408 e. The number of nitrogens with one attached hydrogen (secondary N) is 2. The van der Waals surface area contributed by atoms with Crippen LogP contribution < -0.4 is 10.6 Å². The van der Waals surface area contributed by atoms with E-state index in [4.69, 9.17) is 4.74 Å². The van der Waals surface area contributed by atoms with Crippen LogP contribution in [0.4, 0.5) is 10.5 Å². The van der Waals surface area contributed by atoms with Crippen molar-refractivity contribution in [2.75, 3.05) is 11.9 Å². The van der Waals surface area contributed by atoms with Gasteiger partial charge in [-0.25, -0.2) is 4.79 Å². The Kier molecular flexibility index (Phi) is 9.64. The molecule has 0 saturated carbocycles. The lowest BCUT2D eigenvalue weighted by atomic mass is 9.99. The number of para-hydroxylation sites is 1. The van der Waals surface area contributed by atoms with Gasteiger partial charge in [0, 0.05) is 11.7 Å². The van der Waals surface area contributed by atoms with E-state index in [0.29, 0.717) is 11.3 Å². The minimum Gasteiger partial charge on any atom is -0.444 e. The van der Waals surface area contributed by atoms with Crippen molar-refractivity contribution in [2.24, 2.45) is 0 Å². The number of aliphatic hydroxyl groups is 1. The number of anilines is 1. The fraction of sp³-hybridized carbons (Fsp3) is 0.464. The summed E-state index contributed by atoms with van der Waals surface area (Å²) in [4.78, 5) is 41.3. The Morgan fingerprint density at radius 1 is 1.00 bits per heavy atom. The van der Waals surface area contributed by atoms with Gasteiger partial charge in [0.1, 0.15) is 17.7 Å².